The Balaban J connectivity index is 1.55. The minimum Gasteiger partial charge on any atom is -0.385 e. The van der Waals surface area contributed by atoms with Crippen molar-refractivity contribution in [2.45, 2.75) is 39.0 Å². The summed E-state index contributed by atoms with van der Waals surface area (Å²) in [5.41, 5.74) is 1.24. The summed E-state index contributed by atoms with van der Waals surface area (Å²) in [6.45, 7) is 7.27. The number of hydrogen-bond donors (Lipinski definition) is 1. The van der Waals surface area contributed by atoms with E-state index in [2.05, 4.69) is 47.5 Å². The van der Waals surface area contributed by atoms with Crippen LogP contribution in [0, 0.1) is 5.92 Å². The third-order valence-corrected chi connectivity index (χ3v) is 4.16. The van der Waals surface area contributed by atoms with Crippen LogP contribution < -0.4 is 5.32 Å². The number of benzene rings is 1. The number of nitrogens with one attached hydrogen (secondary N) is 1. The molecule has 106 valence electrons. The van der Waals surface area contributed by atoms with Gasteiger partial charge in [0.05, 0.1) is 0 Å². The highest BCUT2D eigenvalue weighted by Crippen LogP contribution is 2.21. The zero-order chi connectivity index (χ0) is 13.3. The fraction of sp³-hybridized carbons (Fsp3) is 0.647. The lowest BCUT2D eigenvalue weighted by molar-refractivity contribution is 0.178. The van der Waals surface area contributed by atoms with E-state index in [0.717, 1.165) is 12.5 Å². The van der Waals surface area contributed by atoms with E-state index in [9.17, 15) is 0 Å². The Labute approximate surface area is 118 Å². The Morgan fingerprint density at radius 2 is 1.89 bits per heavy atom. The molecule has 19 heavy (non-hydrogen) atoms. The van der Waals surface area contributed by atoms with Crippen LogP contribution in [0.25, 0.3) is 0 Å². The maximum absolute atomic E-state index is 3.49. The summed E-state index contributed by atoms with van der Waals surface area (Å²) in [5.74, 6) is 1.00. The van der Waals surface area contributed by atoms with Gasteiger partial charge in [0, 0.05) is 12.2 Å². The zero-order valence-corrected chi connectivity index (χ0v) is 12.3. The van der Waals surface area contributed by atoms with Crippen molar-refractivity contribution in [2.24, 2.45) is 5.92 Å². The van der Waals surface area contributed by atoms with Crippen molar-refractivity contribution in [3.8, 4) is 0 Å². The van der Waals surface area contributed by atoms with Crippen molar-refractivity contribution in [1.82, 2.24) is 4.90 Å². The molecule has 0 aromatic heterocycles. The first-order chi connectivity index (χ1) is 9.38. The maximum atomic E-state index is 3.49. The van der Waals surface area contributed by atoms with Gasteiger partial charge in [0.25, 0.3) is 0 Å². The largest absolute Gasteiger partial charge is 0.385 e. The molecule has 1 aliphatic heterocycles. The normalized spacial score (nSPS) is 17.5. The van der Waals surface area contributed by atoms with Crippen LogP contribution in [0.15, 0.2) is 30.3 Å². The molecule has 0 bridgehead atoms. The topological polar surface area (TPSA) is 15.3 Å². The summed E-state index contributed by atoms with van der Waals surface area (Å²) >= 11 is 0. The van der Waals surface area contributed by atoms with E-state index in [4.69, 9.17) is 0 Å². The van der Waals surface area contributed by atoms with Crippen molar-refractivity contribution in [1.29, 1.82) is 0 Å². The standard InChI is InChI=1S/C17H28N2/c1-2-7-16-10-14-19(15-11-16)13-6-12-18-17-8-4-3-5-9-17/h3-5,8-9,16,18H,2,6-7,10-15H2,1H3. The Bertz CT molecular complexity index is 328. The lowest BCUT2D eigenvalue weighted by Crippen LogP contribution is -2.35. The molecule has 1 aromatic rings. The van der Waals surface area contributed by atoms with E-state index in [0.29, 0.717) is 0 Å². The second kappa shape index (κ2) is 8.21. The monoisotopic (exact) mass is 260 g/mol. The number of nitrogens with zero attached hydrogens (tertiary/aromatic N) is 1. The Hall–Kier alpha value is -1.02. The van der Waals surface area contributed by atoms with Crippen LogP contribution in [-0.4, -0.2) is 31.1 Å². The molecule has 0 spiro atoms. The molecule has 1 fully saturated rings. The molecule has 0 amide bonds. The quantitative estimate of drug-likeness (QED) is 0.745. The fourth-order valence-corrected chi connectivity index (χ4v) is 3.00. The molecule has 1 heterocycles. The average Bonchev–Trinajstić information content (AvgIpc) is 2.47. The number of anilines is 1. The summed E-state index contributed by atoms with van der Waals surface area (Å²) in [6, 6.07) is 10.5. The molecule has 0 unspecified atom stereocenters. The van der Waals surface area contributed by atoms with Gasteiger partial charge < -0.3 is 10.2 Å². The Morgan fingerprint density at radius 1 is 1.16 bits per heavy atom. The number of hydrogen-bond acceptors (Lipinski definition) is 2. The Kier molecular flexibility index (Phi) is 6.22. The maximum Gasteiger partial charge on any atom is 0.0340 e. The molecule has 0 saturated carbocycles. The summed E-state index contributed by atoms with van der Waals surface area (Å²) in [6.07, 6.45) is 6.86. The minimum absolute atomic E-state index is 1.00. The lowest BCUT2D eigenvalue weighted by atomic mass is 9.92. The van der Waals surface area contributed by atoms with Gasteiger partial charge in [-0.2, -0.15) is 0 Å². The van der Waals surface area contributed by atoms with E-state index in [-0.39, 0.29) is 0 Å². The van der Waals surface area contributed by atoms with Gasteiger partial charge in [-0.3, -0.25) is 0 Å². The van der Waals surface area contributed by atoms with Gasteiger partial charge in [-0.25, -0.2) is 0 Å². The van der Waals surface area contributed by atoms with E-state index in [1.165, 1.54) is 57.4 Å². The van der Waals surface area contributed by atoms with Gasteiger partial charge in [-0.15, -0.1) is 0 Å². The zero-order valence-electron chi connectivity index (χ0n) is 12.3. The van der Waals surface area contributed by atoms with Crippen molar-refractivity contribution in [3.63, 3.8) is 0 Å². The van der Waals surface area contributed by atoms with Crippen molar-refractivity contribution in [2.75, 3.05) is 31.5 Å². The first-order valence-electron chi connectivity index (χ1n) is 7.89. The molecule has 2 heteroatoms. The van der Waals surface area contributed by atoms with Gasteiger partial charge in [-0.1, -0.05) is 38.0 Å². The predicted molar refractivity (Wildman–Crippen MR) is 83.6 cm³/mol. The van der Waals surface area contributed by atoms with Crippen LogP contribution in [0.1, 0.15) is 39.0 Å². The van der Waals surface area contributed by atoms with Gasteiger partial charge in [0.2, 0.25) is 0 Å². The smallest absolute Gasteiger partial charge is 0.0340 e. The van der Waals surface area contributed by atoms with E-state index in [1.807, 2.05) is 0 Å². The summed E-state index contributed by atoms with van der Waals surface area (Å²) < 4.78 is 0. The molecule has 0 atom stereocenters. The number of para-hydroxylation sites is 1. The highest BCUT2D eigenvalue weighted by Gasteiger charge is 2.17. The van der Waals surface area contributed by atoms with Crippen molar-refractivity contribution >= 4 is 5.69 Å². The summed E-state index contributed by atoms with van der Waals surface area (Å²) in [5, 5.41) is 3.49. The van der Waals surface area contributed by atoms with Crippen molar-refractivity contribution in [3.05, 3.63) is 30.3 Å². The van der Waals surface area contributed by atoms with E-state index >= 15 is 0 Å². The SMILES string of the molecule is CCCC1CCN(CCCNc2ccccc2)CC1. The fourth-order valence-electron chi connectivity index (χ4n) is 3.00. The first kappa shape index (κ1) is 14.4. The van der Waals surface area contributed by atoms with Gasteiger partial charge >= 0.3 is 0 Å². The molecular weight excluding hydrogens is 232 g/mol. The van der Waals surface area contributed by atoms with Crippen LogP contribution in [0.4, 0.5) is 5.69 Å². The molecule has 1 aliphatic rings. The van der Waals surface area contributed by atoms with Crippen LogP contribution in [-0.2, 0) is 0 Å². The molecule has 1 aromatic carbocycles. The second-order valence-corrected chi connectivity index (χ2v) is 5.72. The van der Waals surface area contributed by atoms with Crippen LogP contribution >= 0.6 is 0 Å². The van der Waals surface area contributed by atoms with Crippen LogP contribution in [0.2, 0.25) is 0 Å². The van der Waals surface area contributed by atoms with Gasteiger partial charge in [-0.05, 0) is 56.9 Å². The second-order valence-electron chi connectivity index (χ2n) is 5.72. The summed E-state index contributed by atoms with van der Waals surface area (Å²) in [4.78, 5) is 2.64. The lowest BCUT2D eigenvalue weighted by Gasteiger charge is -2.31. The highest BCUT2D eigenvalue weighted by atomic mass is 15.1. The van der Waals surface area contributed by atoms with E-state index in [1.54, 1.807) is 0 Å². The van der Waals surface area contributed by atoms with Gasteiger partial charge in [0.1, 0.15) is 0 Å². The van der Waals surface area contributed by atoms with Crippen LogP contribution in [0.5, 0.6) is 0 Å². The predicted octanol–water partition coefficient (Wildman–Crippen LogP) is 4.00. The molecule has 1 saturated heterocycles. The van der Waals surface area contributed by atoms with Crippen LogP contribution in [0.3, 0.4) is 0 Å². The average molecular weight is 260 g/mol. The molecule has 2 rings (SSSR count). The van der Waals surface area contributed by atoms with E-state index < -0.39 is 0 Å². The van der Waals surface area contributed by atoms with Crippen molar-refractivity contribution < 1.29 is 0 Å². The molecule has 2 nitrogen and oxygen atoms in total. The molecule has 0 radical (unpaired) electrons. The number of piperidine rings is 1. The molecular formula is C17H28N2. The van der Waals surface area contributed by atoms with Gasteiger partial charge in [0.15, 0.2) is 0 Å². The minimum atomic E-state index is 1.00. The number of likely N-dealkylation sites (tertiary alicyclic amines) is 1. The molecule has 0 aliphatic carbocycles. The first-order valence-corrected chi connectivity index (χ1v) is 7.89. The Morgan fingerprint density at radius 3 is 2.58 bits per heavy atom. The molecule has 1 N–H and O–H groups in total. The third-order valence-electron chi connectivity index (χ3n) is 4.16. The number of rotatable bonds is 7. The highest BCUT2D eigenvalue weighted by molar-refractivity contribution is 5.42. The summed E-state index contributed by atoms with van der Waals surface area (Å²) in [7, 11) is 0. The third kappa shape index (κ3) is 5.23.